The molecule has 1 N–H and O–H groups in total. The molecular weight excluding hydrogens is 328 g/mol. The average molecular weight is 348 g/mol. The van der Waals surface area contributed by atoms with Crippen LogP contribution in [0.15, 0.2) is 0 Å². The molecule has 1 aliphatic heterocycles. The van der Waals surface area contributed by atoms with Gasteiger partial charge < -0.3 is 28.8 Å². The molecule has 0 saturated carbocycles. The van der Waals surface area contributed by atoms with Crippen LogP contribution >= 0.6 is 0 Å². The summed E-state index contributed by atoms with van der Waals surface area (Å²) < 4.78 is 25.0. The van der Waals surface area contributed by atoms with Gasteiger partial charge >= 0.3 is 23.9 Å². The van der Waals surface area contributed by atoms with Gasteiger partial charge in [0.25, 0.3) is 0 Å². The Labute approximate surface area is 137 Å². The third kappa shape index (κ3) is 5.78. The lowest BCUT2D eigenvalue weighted by Gasteiger charge is -2.27. The monoisotopic (exact) mass is 348 g/mol. The van der Waals surface area contributed by atoms with Crippen LogP contribution in [0.4, 0.5) is 0 Å². The highest BCUT2D eigenvalue weighted by molar-refractivity contribution is 5.68. The number of hydrogen-bond donors (Lipinski definition) is 1. The van der Waals surface area contributed by atoms with Crippen LogP contribution < -0.4 is 0 Å². The van der Waals surface area contributed by atoms with E-state index in [9.17, 15) is 24.3 Å². The van der Waals surface area contributed by atoms with E-state index in [0.717, 1.165) is 27.7 Å². The molecule has 0 aliphatic carbocycles. The van der Waals surface area contributed by atoms with Crippen molar-refractivity contribution in [1.29, 1.82) is 0 Å². The fourth-order valence-electron chi connectivity index (χ4n) is 2.22. The van der Waals surface area contributed by atoms with Crippen LogP contribution in [0, 0.1) is 0 Å². The molecule has 0 spiro atoms. The second-order valence-corrected chi connectivity index (χ2v) is 5.09. The lowest BCUT2D eigenvalue weighted by atomic mass is 10.1. The summed E-state index contributed by atoms with van der Waals surface area (Å²) in [6.07, 6.45) is -6.55. The highest BCUT2D eigenvalue weighted by Gasteiger charge is 2.52. The van der Waals surface area contributed by atoms with Crippen molar-refractivity contribution < 1.29 is 48.0 Å². The quantitative estimate of drug-likeness (QED) is 0.473. The topological polar surface area (TPSA) is 135 Å². The number of aliphatic hydroxyl groups is 1. The van der Waals surface area contributed by atoms with Crippen LogP contribution in [0.2, 0.25) is 0 Å². The van der Waals surface area contributed by atoms with Crippen LogP contribution in [-0.4, -0.2) is 66.3 Å². The molecular formula is C14H20O10. The molecule has 0 aromatic carbocycles. The first-order valence-electron chi connectivity index (χ1n) is 7.10. The fourth-order valence-corrected chi connectivity index (χ4v) is 2.22. The van der Waals surface area contributed by atoms with Crippen molar-refractivity contribution in [2.45, 2.75) is 58.4 Å². The maximum Gasteiger partial charge on any atom is 0.303 e. The number of rotatable bonds is 6. The second kappa shape index (κ2) is 8.60. The maximum atomic E-state index is 11.3. The summed E-state index contributed by atoms with van der Waals surface area (Å²) >= 11 is 0. The molecule has 0 radical (unpaired) electrons. The molecule has 0 unspecified atom stereocenters. The second-order valence-electron chi connectivity index (χ2n) is 5.09. The summed E-state index contributed by atoms with van der Waals surface area (Å²) in [6.45, 7) is 4.10. The van der Waals surface area contributed by atoms with E-state index in [0.29, 0.717) is 0 Å². The zero-order valence-electron chi connectivity index (χ0n) is 13.7. The van der Waals surface area contributed by atoms with E-state index in [2.05, 4.69) is 0 Å². The van der Waals surface area contributed by atoms with E-state index < -0.39 is 61.2 Å². The number of aliphatic hydroxyl groups excluding tert-OH is 1. The van der Waals surface area contributed by atoms with Crippen molar-refractivity contribution in [2.24, 2.45) is 0 Å². The normalized spacial score (nSPS) is 27.0. The molecule has 1 fully saturated rings. The third-order valence-electron chi connectivity index (χ3n) is 2.96. The number of ether oxygens (including phenoxy) is 5. The minimum Gasteiger partial charge on any atom is -0.462 e. The van der Waals surface area contributed by atoms with Gasteiger partial charge in [-0.05, 0) is 0 Å². The van der Waals surface area contributed by atoms with Gasteiger partial charge in [0.2, 0.25) is 0 Å². The first kappa shape index (κ1) is 19.8. The molecule has 1 rings (SSSR count). The zero-order chi connectivity index (χ0) is 18.4. The Kier molecular flexibility index (Phi) is 7.11. The van der Waals surface area contributed by atoms with Crippen molar-refractivity contribution in [3.63, 3.8) is 0 Å². The largest absolute Gasteiger partial charge is 0.462 e. The Morgan fingerprint density at radius 2 is 1.46 bits per heavy atom. The highest BCUT2D eigenvalue weighted by atomic mass is 16.7. The van der Waals surface area contributed by atoms with Gasteiger partial charge in [-0.2, -0.15) is 0 Å². The first-order chi connectivity index (χ1) is 11.1. The Hall–Kier alpha value is -2.20. The molecule has 136 valence electrons. The van der Waals surface area contributed by atoms with Crippen LogP contribution in [0.3, 0.4) is 0 Å². The Morgan fingerprint density at radius 3 is 1.92 bits per heavy atom. The van der Waals surface area contributed by atoms with E-state index in [1.54, 1.807) is 0 Å². The summed E-state index contributed by atoms with van der Waals surface area (Å²) in [6, 6.07) is 0. The van der Waals surface area contributed by atoms with Crippen LogP contribution in [-0.2, 0) is 42.9 Å². The summed E-state index contributed by atoms with van der Waals surface area (Å²) in [5.41, 5.74) is 0. The van der Waals surface area contributed by atoms with Gasteiger partial charge in [0.1, 0.15) is 12.7 Å². The van der Waals surface area contributed by atoms with Gasteiger partial charge in [0.05, 0.1) is 0 Å². The molecule has 10 nitrogen and oxygen atoms in total. The number of carbonyl (C=O) groups excluding carboxylic acids is 4. The molecule has 24 heavy (non-hydrogen) atoms. The third-order valence-corrected chi connectivity index (χ3v) is 2.96. The van der Waals surface area contributed by atoms with Gasteiger partial charge in [-0.15, -0.1) is 0 Å². The number of esters is 4. The molecule has 0 bridgehead atoms. The van der Waals surface area contributed by atoms with Gasteiger partial charge in [0.15, 0.2) is 24.6 Å². The van der Waals surface area contributed by atoms with Crippen molar-refractivity contribution in [3.05, 3.63) is 0 Å². The average Bonchev–Trinajstić information content (AvgIpc) is 2.70. The minimum absolute atomic E-state index is 0.392. The van der Waals surface area contributed by atoms with E-state index in [1.807, 2.05) is 0 Å². The number of carbonyl (C=O) groups is 4. The zero-order valence-corrected chi connectivity index (χ0v) is 13.7. The van der Waals surface area contributed by atoms with Crippen LogP contribution in [0.5, 0.6) is 0 Å². The molecule has 0 aromatic rings. The summed E-state index contributed by atoms with van der Waals surface area (Å²) in [5.74, 6) is -2.80. The van der Waals surface area contributed by atoms with E-state index in [-0.39, 0.29) is 0 Å². The molecule has 1 aliphatic rings. The Balaban J connectivity index is 3.03. The van der Waals surface area contributed by atoms with E-state index in [4.69, 9.17) is 23.7 Å². The fraction of sp³-hybridized carbons (Fsp3) is 0.714. The van der Waals surface area contributed by atoms with Crippen molar-refractivity contribution >= 4 is 23.9 Å². The molecule has 0 aromatic heterocycles. The highest BCUT2D eigenvalue weighted by Crippen LogP contribution is 2.29. The summed E-state index contributed by atoms with van der Waals surface area (Å²) in [5, 5.41) is 9.91. The molecule has 0 amide bonds. The van der Waals surface area contributed by atoms with Crippen LogP contribution in [0.25, 0.3) is 0 Å². The van der Waals surface area contributed by atoms with E-state index >= 15 is 0 Å². The van der Waals surface area contributed by atoms with Gasteiger partial charge in [0, 0.05) is 27.7 Å². The molecule has 10 heteroatoms. The predicted octanol–water partition coefficient (Wildman–Crippen LogP) is -0.938. The van der Waals surface area contributed by atoms with Crippen molar-refractivity contribution in [1.82, 2.24) is 0 Å². The van der Waals surface area contributed by atoms with Gasteiger partial charge in [-0.3, -0.25) is 19.2 Å². The summed E-state index contributed by atoms with van der Waals surface area (Å²) in [4.78, 5) is 44.7. The minimum atomic E-state index is -1.61. The Morgan fingerprint density at radius 1 is 0.917 bits per heavy atom. The molecule has 5 atom stereocenters. The predicted molar refractivity (Wildman–Crippen MR) is 74.2 cm³/mol. The Bertz CT molecular complexity index is 502. The maximum absolute atomic E-state index is 11.3. The SMILES string of the molecule is CC(=O)OC[C@@H](OC(C)=O)[C@@H]1O[C@@H](O)[C@@H](OC(C)=O)[C@H]1OC(C)=O. The molecule has 1 saturated heterocycles. The van der Waals surface area contributed by atoms with Crippen LogP contribution in [0.1, 0.15) is 27.7 Å². The van der Waals surface area contributed by atoms with Crippen molar-refractivity contribution in [2.75, 3.05) is 6.61 Å². The number of hydrogen-bond acceptors (Lipinski definition) is 10. The standard InChI is InChI=1S/C14H20O10/c1-6(15)20-5-10(21-7(2)16)11-12(22-8(3)17)13(14(19)24-11)23-9(4)18/h10-14,19H,5H2,1-4H3/t10-,11+,12+,13+,14-/m1/s1. The van der Waals surface area contributed by atoms with Crippen molar-refractivity contribution in [3.8, 4) is 0 Å². The molecule has 1 heterocycles. The first-order valence-corrected chi connectivity index (χ1v) is 7.10. The van der Waals surface area contributed by atoms with Gasteiger partial charge in [-0.1, -0.05) is 0 Å². The summed E-state index contributed by atoms with van der Waals surface area (Å²) in [7, 11) is 0. The lowest BCUT2D eigenvalue weighted by molar-refractivity contribution is -0.184. The van der Waals surface area contributed by atoms with Gasteiger partial charge in [-0.25, -0.2) is 0 Å². The van der Waals surface area contributed by atoms with E-state index in [1.165, 1.54) is 0 Å². The smallest absolute Gasteiger partial charge is 0.303 e. The lowest BCUT2D eigenvalue weighted by Crippen LogP contribution is -2.46.